The first-order valence-corrected chi connectivity index (χ1v) is 6.24. The van der Waals surface area contributed by atoms with Gasteiger partial charge in [-0.25, -0.2) is 9.97 Å². The smallest absolute Gasteiger partial charge is 0.225 e. The van der Waals surface area contributed by atoms with E-state index in [0.717, 1.165) is 25.6 Å². The van der Waals surface area contributed by atoms with Gasteiger partial charge in [0.05, 0.1) is 6.04 Å². The van der Waals surface area contributed by atoms with Gasteiger partial charge >= 0.3 is 0 Å². The molecule has 1 unspecified atom stereocenters. The molecule has 18 heavy (non-hydrogen) atoms. The van der Waals surface area contributed by atoms with E-state index in [4.69, 9.17) is 0 Å². The van der Waals surface area contributed by atoms with E-state index in [1.54, 1.807) is 12.4 Å². The lowest BCUT2D eigenvalue weighted by Crippen LogP contribution is -2.46. The quantitative estimate of drug-likeness (QED) is 0.866. The van der Waals surface area contributed by atoms with E-state index in [1.165, 1.54) is 5.56 Å². The minimum atomic E-state index is 0.308. The monoisotopic (exact) mass is 240 g/mol. The van der Waals surface area contributed by atoms with Crippen molar-refractivity contribution in [3.8, 4) is 0 Å². The van der Waals surface area contributed by atoms with E-state index < -0.39 is 0 Å². The van der Waals surface area contributed by atoms with Crippen molar-refractivity contribution in [1.82, 2.24) is 15.3 Å². The predicted octanol–water partition coefficient (Wildman–Crippen LogP) is 1.63. The molecule has 1 saturated heterocycles. The molecule has 4 heteroatoms. The molecule has 2 aromatic rings. The van der Waals surface area contributed by atoms with Crippen molar-refractivity contribution in [1.29, 1.82) is 0 Å². The van der Waals surface area contributed by atoms with Gasteiger partial charge in [-0.3, -0.25) is 0 Å². The van der Waals surface area contributed by atoms with Crippen molar-refractivity contribution in [3.63, 3.8) is 0 Å². The standard InChI is InChI=1S/C14H16N4/c1-2-5-12(6-3-1)13-11-15-9-10-18(13)14-16-7-4-8-17-14/h1-8,13,15H,9-11H2. The maximum absolute atomic E-state index is 4.37. The largest absolute Gasteiger partial charge is 0.331 e. The highest BCUT2D eigenvalue weighted by molar-refractivity contribution is 5.37. The number of rotatable bonds is 2. The zero-order chi connectivity index (χ0) is 12.2. The number of aromatic nitrogens is 2. The van der Waals surface area contributed by atoms with Gasteiger partial charge in [0.15, 0.2) is 0 Å². The SMILES string of the molecule is c1ccc(C2CNCCN2c2ncccn2)cc1. The third-order valence-corrected chi connectivity index (χ3v) is 3.24. The topological polar surface area (TPSA) is 41.0 Å². The lowest BCUT2D eigenvalue weighted by atomic mass is 10.0. The highest BCUT2D eigenvalue weighted by Crippen LogP contribution is 2.25. The number of hydrogen-bond acceptors (Lipinski definition) is 4. The van der Waals surface area contributed by atoms with Crippen LogP contribution in [0.4, 0.5) is 5.95 Å². The Morgan fingerprint density at radius 1 is 1.06 bits per heavy atom. The van der Waals surface area contributed by atoms with Gasteiger partial charge in [-0.05, 0) is 11.6 Å². The van der Waals surface area contributed by atoms with Gasteiger partial charge in [0.1, 0.15) is 0 Å². The van der Waals surface area contributed by atoms with Gasteiger partial charge in [-0.15, -0.1) is 0 Å². The maximum atomic E-state index is 4.37. The summed E-state index contributed by atoms with van der Waals surface area (Å²) in [5, 5.41) is 3.44. The number of nitrogens with zero attached hydrogens (tertiary/aromatic N) is 3. The molecule has 3 rings (SSSR count). The Balaban J connectivity index is 1.92. The molecule has 1 aromatic carbocycles. The molecule has 1 N–H and O–H groups in total. The van der Waals surface area contributed by atoms with Gasteiger partial charge in [-0.2, -0.15) is 0 Å². The molecule has 2 heterocycles. The van der Waals surface area contributed by atoms with Gasteiger partial charge in [0.25, 0.3) is 0 Å². The van der Waals surface area contributed by atoms with Crippen LogP contribution in [0.15, 0.2) is 48.8 Å². The van der Waals surface area contributed by atoms with Crippen LogP contribution in [0.25, 0.3) is 0 Å². The zero-order valence-electron chi connectivity index (χ0n) is 10.2. The summed E-state index contributed by atoms with van der Waals surface area (Å²) in [6.45, 7) is 2.84. The molecule has 92 valence electrons. The second-order valence-electron chi connectivity index (χ2n) is 4.37. The van der Waals surface area contributed by atoms with Crippen molar-refractivity contribution in [2.45, 2.75) is 6.04 Å². The van der Waals surface area contributed by atoms with E-state index in [-0.39, 0.29) is 0 Å². The van der Waals surface area contributed by atoms with E-state index in [1.807, 2.05) is 12.1 Å². The Kier molecular flexibility index (Phi) is 3.19. The summed E-state index contributed by atoms with van der Waals surface area (Å²) in [6, 6.07) is 12.7. The van der Waals surface area contributed by atoms with Crippen molar-refractivity contribution in [2.75, 3.05) is 24.5 Å². The van der Waals surface area contributed by atoms with Crippen LogP contribution in [-0.2, 0) is 0 Å². The first kappa shape index (κ1) is 11.2. The number of hydrogen-bond donors (Lipinski definition) is 1. The Morgan fingerprint density at radius 3 is 2.61 bits per heavy atom. The average molecular weight is 240 g/mol. The fourth-order valence-electron chi connectivity index (χ4n) is 2.36. The second kappa shape index (κ2) is 5.14. The molecule has 1 atom stereocenters. The van der Waals surface area contributed by atoms with Gasteiger partial charge in [0.2, 0.25) is 5.95 Å². The average Bonchev–Trinajstić information content (AvgIpc) is 2.49. The summed E-state index contributed by atoms with van der Waals surface area (Å²) in [4.78, 5) is 11.0. The summed E-state index contributed by atoms with van der Waals surface area (Å²) in [6.07, 6.45) is 3.60. The summed E-state index contributed by atoms with van der Waals surface area (Å²) < 4.78 is 0. The van der Waals surface area contributed by atoms with Crippen molar-refractivity contribution < 1.29 is 0 Å². The molecule has 1 aliphatic heterocycles. The predicted molar refractivity (Wildman–Crippen MR) is 71.4 cm³/mol. The molecule has 0 saturated carbocycles. The summed E-state index contributed by atoms with van der Waals surface area (Å²) in [5.41, 5.74) is 1.30. The fourth-order valence-corrected chi connectivity index (χ4v) is 2.36. The normalized spacial score (nSPS) is 19.8. The van der Waals surface area contributed by atoms with Crippen LogP contribution in [0, 0.1) is 0 Å². The summed E-state index contributed by atoms with van der Waals surface area (Å²) in [5.74, 6) is 0.813. The second-order valence-corrected chi connectivity index (χ2v) is 4.37. The minimum absolute atomic E-state index is 0.308. The van der Waals surface area contributed by atoms with Crippen LogP contribution in [0.5, 0.6) is 0 Å². The van der Waals surface area contributed by atoms with Crippen LogP contribution in [0.2, 0.25) is 0 Å². The van der Waals surface area contributed by atoms with E-state index in [2.05, 4.69) is 44.5 Å². The molecule has 0 radical (unpaired) electrons. The Morgan fingerprint density at radius 2 is 1.83 bits per heavy atom. The van der Waals surface area contributed by atoms with Crippen molar-refractivity contribution >= 4 is 5.95 Å². The molecular formula is C14H16N4. The van der Waals surface area contributed by atoms with Gasteiger partial charge in [-0.1, -0.05) is 30.3 Å². The molecule has 4 nitrogen and oxygen atoms in total. The Bertz CT molecular complexity index is 438. The fraction of sp³-hybridized carbons (Fsp3) is 0.286. The molecule has 0 amide bonds. The van der Waals surface area contributed by atoms with Gasteiger partial charge < -0.3 is 10.2 Å². The first-order valence-electron chi connectivity index (χ1n) is 6.24. The van der Waals surface area contributed by atoms with Crippen molar-refractivity contribution in [2.24, 2.45) is 0 Å². The van der Waals surface area contributed by atoms with E-state index >= 15 is 0 Å². The lowest BCUT2D eigenvalue weighted by molar-refractivity contribution is 0.482. The number of piperazine rings is 1. The number of nitrogens with one attached hydrogen (secondary N) is 1. The lowest BCUT2D eigenvalue weighted by Gasteiger charge is -2.36. The van der Waals surface area contributed by atoms with Crippen LogP contribution >= 0.6 is 0 Å². The summed E-state index contributed by atoms with van der Waals surface area (Å²) in [7, 11) is 0. The first-order chi connectivity index (χ1) is 8.95. The minimum Gasteiger partial charge on any atom is -0.331 e. The highest BCUT2D eigenvalue weighted by Gasteiger charge is 2.25. The third-order valence-electron chi connectivity index (χ3n) is 3.24. The number of anilines is 1. The molecule has 1 aromatic heterocycles. The molecule has 0 spiro atoms. The van der Waals surface area contributed by atoms with Crippen LogP contribution in [-0.4, -0.2) is 29.6 Å². The highest BCUT2D eigenvalue weighted by atomic mass is 15.3. The van der Waals surface area contributed by atoms with Crippen molar-refractivity contribution in [3.05, 3.63) is 54.4 Å². The van der Waals surface area contributed by atoms with E-state index in [9.17, 15) is 0 Å². The van der Waals surface area contributed by atoms with Gasteiger partial charge in [0, 0.05) is 32.0 Å². The molecule has 1 aliphatic rings. The zero-order valence-corrected chi connectivity index (χ0v) is 10.2. The molecular weight excluding hydrogens is 224 g/mol. The third kappa shape index (κ3) is 2.19. The summed E-state index contributed by atoms with van der Waals surface area (Å²) >= 11 is 0. The maximum Gasteiger partial charge on any atom is 0.225 e. The molecule has 1 fully saturated rings. The van der Waals surface area contributed by atoms with Crippen LogP contribution in [0.3, 0.4) is 0 Å². The van der Waals surface area contributed by atoms with Crippen LogP contribution < -0.4 is 10.2 Å². The molecule has 0 aliphatic carbocycles. The molecule has 0 bridgehead atoms. The Labute approximate surface area is 107 Å². The van der Waals surface area contributed by atoms with Crippen LogP contribution in [0.1, 0.15) is 11.6 Å². The van der Waals surface area contributed by atoms with E-state index in [0.29, 0.717) is 6.04 Å². The Hall–Kier alpha value is -1.94. The number of benzene rings is 1.